The lowest BCUT2D eigenvalue weighted by Gasteiger charge is -2.58. The van der Waals surface area contributed by atoms with Crippen LogP contribution >= 0.6 is 0 Å². The Balaban J connectivity index is 1.39. The number of rotatable bonds is 4. The van der Waals surface area contributed by atoms with Crippen molar-refractivity contribution in [2.45, 2.75) is 83.8 Å². The summed E-state index contributed by atoms with van der Waals surface area (Å²) in [5.41, 5.74) is -0.265. The summed E-state index contributed by atoms with van der Waals surface area (Å²) < 4.78 is 11.9. The minimum Gasteiger partial charge on any atom is -0.461 e. The summed E-state index contributed by atoms with van der Waals surface area (Å²) in [5, 5.41) is 0. The van der Waals surface area contributed by atoms with Crippen LogP contribution < -0.4 is 0 Å². The van der Waals surface area contributed by atoms with Crippen molar-refractivity contribution in [2.75, 3.05) is 0 Å². The highest BCUT2D eigenvalue weighted by atomic mass is 16.6. The second-order valence-electron chi connectivity index (χ2n) is 10.9. The van der Waals surface area contributed by atoms with Gasteiger partial charge in [0.25, 0.3) is 6.47 Å². The summed E-state index contributed by atoms with van der Waals surface area (Å²) in [7, 11) is 0. The number of esters is 1. The van der Waals surface area contributed by atoms with Crippen LogP contribution in [-0.2, 0) is 19.1 Å². The molecule has 0 spiro atoms. The number of hydrogen-bond donors (Lipinski definition) is 0. The van der Waals surface area contributed by atoms with Gasteiger partial charge in [-0.15, -0.1) is 0 Å². The van der Waals surface area contributed by atoms with E-state index in [-0.39, 0.29) is 28.8 Å². The lowest BCUT2D eigenvalue weighted by atomic mass is 9.49. The number of carbonyl (C=O) groups excluding carboxylic acids is 2. The van der Waals surface area contributed by atoms with E-state index in [2.05, 4.69) is 20.8 Å². The van der Waals surface area contributed by atoms with E-state index in [1.165, 1.54) is 12.8 Å². The van der Waals surface area contributed by atoms with E-state index < -0.39 is 5.60 Å². The van der Waals surface area contributed by atoms with E-state index in [1.807, 2.05) is 0 Å². The van der Waals surface area contributed by atoms with Crippen molar-refractivity contribution in [2.24, 2.45) is 40.4 Å². The quantitative estimate of drug-likeness (QED) is 0.559. The molecule has 6 aliphatic rings. The molecule has 0 N–H and O–H groups in total. The molecule has 144 valence electrons. The van der Waals surface area contributed by atoms with Gasteiger partial charge in [-0.2, -0.15) is 0 Å². The lowest BCUT2D eigenvalue weighted by Crippen LogP contribution is -2.61. The second kappa shape index (κ2) is 5.26. The summed E-state index contributed by atoms with van der Waals surface area (Å²) in [5.74, 6) is 1.92. The Morgan fingerprint density at radius 3 is 2.27 bits per heavy atom. The summed E-state index contributed by atoms with van der Waals surface area (Å²) in [6, 6.07) is 0. The summed E-state index contributed by atoms with van der Waals surface area (Å²) in [6.07, 6.45) is 8.60. The van der Waals surface area contributed by atoms with Gasteiger partial charge in [-0.1, -0.05) is 20.8 Å². The molecule has 4 heteroatoms. The molecule has 6 rings (SSSR count). The normalized spacial score (nSPS) is 52.9. The first-order valence-corrected chi connectivity index (χ1v) is 10.6. The molecule has 0 amide bonds. The van der Waals surface area contributed by atoms with Gasteiger partial charge >= 0.3 is 5.97 Å². The van der Waals surface area contributed by atoms with Crippen molar-refractivity contribution in [3.63, 3.8) is 0 Å². The number of fused-ring (bicyclic) bond motifs is 2. The topological polar surface area (TPSA) is 52.6 Å². The van der Waals surface area contributed by atoms with Crippen molar-refractivity contribution in [3.05, 3.63) is 0 Å². The molecule has 0 aromatic rings. The molecule has 0 aliphatic heterocycles. The molecule has 6 unspecified atom stereocenters. The van der Waals surface area contributed by atoms with E-state index in [1.54, 1.807) is 0 Å². The molecule has 0 radical (unpaired) electrons. The Hall–Kier alpha value is -1.06. The maximum Gasteiger partial charge on any atom is 0.313 e. The Morgan fingerprint density at radius 1 is 1.04 bits per heavy atom. The number of hydrogen-bond acceptors (Lipinski definition) is 4. The first-order chi connectivity index (χ1) is 12.3. The lowest BCUT2D eigenvalue weighted by molar-refractivity contribution is -0.214. The van der Waals surface area contributed by atoms with Crippen LogP contribution in [0.3, 0.4) is 0 Å². The van der Waals surface area contributed by atoms with Crippen molar-refractivity contribution in [1.29, 1.82) is 0 Å². The van der Waals surface area contributed by atoms with E-state index in [0.717, 1.165) is 38.5 Å². The van der Waals surface area contributed by atoms with Gasteiger partial charge in [0, 0.05) is 5.41 Å². The third-order valence-corrected chi connectivity index (χ3v) is 9.75. The predicted octanol–water partition coefficient (Wildman–Crippen LogP) is 4.11. The van der Waals surface area contributed by atoms with Gasteiger partial charge in [-0.05, 0) is 80.5 Å². The monoisotopic (exact) mass is 360 g/mol. The average molecular weight is 360 g/mol. The number of ether oxygens (including phenoxy) is 2. The third kappa shape index (κ3) is 2.02. The first-order valence-electron chi connectivity index (χ1n) is 10.6. The molecule has 6 aliphatic carbocycles. The molecular weight excluding hydrogens is 328 g/mol. The molecule has 6 saturated carbocycles. The van der Waals surface area contributed by atoms with Gasteiger partial charge < -0.3 is 9.47 Å². The molecule has 26 heavy (non-hydrogen) atoms. The molecule has 4 nitrogen and oxygen atoms in total. The van der Waals surface area contributed by atoms with Crippen molar-refractivity contribution >= 4 is 12.4 Å². The van der Waals surface area contributed by atoms with Crippen LogP contribution in [-0.4, -0.2) is 24.1 Å². The maximum atomic E-state index is 13.4. The molecule has 0 heterocycles. The molecule has 0 aromatic heterocycles. The zero-order chi connectivity index (χ0) is 18.3. The fourth-order valence-corrected chi connectivity index (χ4v) is 8.16. The Morgan fingerprint density at radius 2 is 1.73 bits per heavy atom. The Labute approximate surface area is 156 Å². The van der Waals surface area contributed by atoms with Crippen LogP contribution in [0, 0.1) is 40.4 Å². The smallest absolute Gasteiger partial charge is 0.313 e. The molecule has 0 aromatic carbocycles. The van der Waals surface area contributed by atoms with Crippen LogP contribution in [0.4, 0.5) is 0 Å². The van der Waals surface area contributed by atoms with Gasteiger partial charge in [0.2, 0.25) is 0 Å². The van der Waals surface area contributed by atoms with Gasteiger partial charge in [-0.3, -0.25) is 9.59 Å². The van der Waals surface area contributed by atoms with Crippen LogP contribution in [0.5, 0.6) is 0 Å². The van der Waals surface area contributed by atoms with E-state index >= 15 is 0 Å². The Bertz CT molecular complexity index is 626. The van der Waals surface area contributed by atoms with Gasteiger partial charge in [0.15, 0.2) is 0 Å². The van der Waals surface area contributed by atoms with Crippen LogP contribution in [0.1, 0.15) is 72.1 Å². The zero-order valence-electron chi connectivity index (χ0n) is 16.3. The standard InChI is InChI=1S/C22H32O4/c1-20(2)16-4-5-21(20,3)17(9-16)26-19(24)18-15-7-13-6-14(8-15)11-22(18,10-13)25-12-23/h12-18H,4-11H2,1-3H3. The summed E-state index contributed by atoms with van der Waals surface area (Å²) >= 11 is 0. The third-order valence-electron chi connectivity index (χ3n) is 9.75. The minimum absolute atomic E-state index is 0.0224. The van der Waals surface area contributed by atoms with Crippen molar-refractivity contribution < 1.29 is 19.1 Å². The highest BCUT2D eigenvalue weighted by Gasteiger charge is 2.65. The van der Waals surface area contributed by atoms with Gasteiger partial charge in [-0.25, -0.2) is 0 Å². The number of carbonyl (C=O) groups is 2. The summed E-state index contributed by atoms with van der Waals surface area (Å²) in [6.45, 7) is 7.58. The largest absolute Gasteiger partial charge is 0.461 e. The van der Waals surface area contributed by atoms with Crippen LogP contribution in [0.25, 0.3) is 0 Å². The van der Waals surface area contributed by atoms with E-state index in [0.29, 0.717) is 30.1 Å². The molecule has 6 fully saturated rings. The van der Waals surface area contributed by atoms with Gasteiger partial charge in [0.1, 0.15) is 11.7 Å². The van der Waals surface area contributed by atoms with Crippen LogP contribution in [0.15, 0.2) is 0 Å². The minimum atomic E-state index is -0.582. The first kappa shape index (κ1) is 17.1. The highest BCUT2D eigenvalue weighted by molar-refractivity contribution is 5.75. The molecular formula is C22H32O4. The molecule has 6 atom stereocenters. The molecule has 6 bridgehead atoms. The van der Waals surface area contributed by atoms with Gasteiger partial charge in [0.05, 0.1) is 5.92 Å². The summed E-state index contributed by atoms with van der Waals surface area (Å²) in [4.78, 5) is 24.6. The van der Waals surface area contributed by atoms with Crippen molar-refractivity contribution in [3.8, 4) is 0 Å². The fourth-order valence-electron chi connectivity index (χ4n) is 8.16. The SMILES string of the molecule is CC1(C)C2CCC1(C)C(OC(=O)C1C3CC4CC(C3)CC1(OC=O)C4)C2. The maximum absolute atomic E-state index is 13.4. The zero-order valence-corrected chi connectivity index (χ0v) is 16.3. The van der Waals surface area contributed by atoms with E-state index in [4.69, 9.17) is 9.47 Å². The highest BCUT2D eigenvalue weighted by Crippen LogP contribution is 2.67. The van der Waals surface area contributed by atoms with Crippen molar-refractivity contribution in [1.82, 2.24) is 0 Å². The average Bonchev–Trinajstić information content (AvgIpc) is 2.87. The Kier molecular flexibility index (Phi) is 3.45. The van der Waals surface area contributed by atoms with E-state index in [9.17, 15) is 9.59 Å². The predicted molar refractivity (Wildman–Crippen MR) is 96.0 cm³/mol. The molecule has 0 saturated heterocycles. The fraction of sp³-hybridized carbons (Fsp3) is 0.909. The van der Waals surface area contributed by atoms with Crippen LogP contribution in [0.2, 0.25) is 0 Å². The second-order valence-corrected chi connectivity index (χ2v) is 10.9.